The summed E-state index contributed by atoms with van der Waals surface area (Å²) in [6.45, 7) is 3.83. The second-order valence-corrected chi connectivity index (χ2v) is 5.32. The predicted octanol–water partition coefficient (Wildman–Crippen LogP) is 2.13. The Morgan fingerprint density at radius 2 is 2.33 bits per heavy atom. The zero-order chi connectivity index (χ0) is 10.8. The van der Waals surface area contributed by atoms with Crippen molar-refractivity contribution < 1.29 is 4.74 Å². The minimum Gasteiger partial charge on any atom is -0.378 e. The summed E-state index contributed by atoms with van der Waals surface area (Å²) in [5, 5.41) is 4.49. The number of ether oxygens (including phenoxy) is 1. The van der Waals surface area contributed by atoms with Gasteiger partial charge >= 0.3 is 0 Å². The van der Waals surface area contributed by atoms with Crippen LogP contribution in [0.25, 0.3) is 0 Å². The Balaban J connectivity index is 2.15. The van der Waals surface area contributed by atoms with Crippen LogP contribution in [0.15, 0.2) is 0 Å². The van der Waals surface area contributed by atoms with E-state index in [1.807, 2.05) is 18.4 Å². The van der Waals surface area contributed by atoms with Gasteiger partial charge in [0, 0.05) is 24.4 Å². The number of thiazole rings is 1. The monoisotopic (exact) mass is 226 g/mol. The van der Waals surface area contributed by atoms with Gasteiger partial charge in [-0.3, -0.25) is 0 Å². The summed E-state index contributed by atoms with van der Waals surface area (Å²) in [4.78, 5) is 6.01. The van der Waals surface area contributed by atoms with Gasteiger partial charge in [0.05, 0.1) is 17.3 Å². The van der Waals surface area contributed by atoms with Crippen molar-refractivity contribution in [1.82, 2.24) is 10.3 Å². The first kappa shape index (κ1) is 11.0. The van der Waals surface area contributed by atoms with E-state index in [0.717, 1.165) is 24.1 Å². The van der Waals surface area contributed by atoms with Gasteiger partial charge in [-0.1, -0.05) is 6.92 Å². The summed E-state index contributed by atoms with van der Waals surface area (Å²) >= 11 is 1.84. The fourth-order valence-corrected chi connectivity index (χ4v) is 3.10. The first-order chi connectivity index (χ1) is 7.26. The Bertz CT molecular complexity index is 314. The van der Waals surface area contributed by atoms with Crippen LogP contribution in [0, 0.1) is 5.92 Å². The molecule has 0 spiro atoms. The van der Waals surface area contributed by atoms with Crippen LogP contribution in [-0.2, 0) is 17.9 Å². The van der Waals surface area contributed by atoms with Crippen molar-refractivity contribution in [2.45, 2.75) is 32.4 Å². The van der Waals surface area contributed by atoms with Crippen molar-refractivity contribution >= 4 is 11.3 Å². The summed E-state index contributed by atoms with van der Waals surface area (Å²) in [6.07, 6.45) is 1.30. The highest BCUT2D eigenvalue weighted by molar-refractivity contribution is 7.11. The lowest BCUT2D eigenvalue weighted by molar-refractivity contribution is 0.181. The third-order valence-corrected chi connectivity index (χ3v) is 4.07. The van der Waals surface area contributed by atoms with E-state index in [9.17, 15) is 0 Å². The molecule has 15 heavy (non-hydrogen) atoms. The van der Waals surface area contributed by atoms with E-state index in [1.54, 1.807) is 7.11 Å². The number of methoxy groups -OCH3 is 1. The van der Waals surface area contributed by atoms with Crippen molar-refractivity contribution in [3.05, 3.63) is 15.6 Å². The van der Waals surface area contributed by atoms with Crippen molar-refractivity contribution in [2.75, 3.05) is 14.2 Å². The zero-order valence-corrected chi connectivity index (χ0v) is 10.4. The van der Waals surface area contributed by atoms with E-state index < -0.39 is 0 Å². The van der Waals surface area contributed by atoms with Crippen LogP contribution < -0.4 is 5.32 Å². The Labute approximate surface area is 94.9 Å². The molecule has 0 aliphatic heterocycles. The normalized spacial score (nSPS) is 24.5. The van der Waals surface area contributed by atoms with Crippen LogP contribution in [0.5, 0.6) is 0 Å². The summed E-state index contributed by atoms with van der Waals surface area (Å²) in [6, 6.07) is 0. The average molecular weight is 226 g/mol. The minimum absolute atomic E-state index is 0.634. The fraction of sp³-hybridized carbons (Fsp3) is 0.727. The average Bonchev–Trinajstić information content (AvgIpc) is 2.80. The highest BCUT2D eigenvalue weighted by Crippen LogP contribution is 2.48. The van der Waals surface area contributed by atoms with E-state index in [0.29, 0.717) is 6.61 Å². The van der Waals surface area contributed by atoms with Crippen LogP contribution in [0.2, 0.25) is 0 Å². The van der Waals surface area contributed by atoms with Gasteiger partial charge in [-0.15, -0.1) is 11.3 Å². The zero-order valence-electron chi connectivity index (χ0n) is 9.54. The molecule has 2 rings (SSSR count). The molecule has 1 heterocycles. The Hall–Kier alpha value is -0.450. The first-order valence-corrected chi connectivity index (χ1v) is 6.20. The van der Waals surface area contributed by atoms with Crippen molar-refractivity contribution in [1.29, 1.82) is 0 Å². The van der Waals surface area contributed by atoms with Gasteiger partial charge in [0.2, 0.25) is 0 Å². The molecule has 3 nitrogen and oxygen atoms in total. The van der Waals surface area contributed by atoms with Gasteiger partial charge in [0.25, 0.3) is 0 Å². The molecule has 1 fully saturated rings. The number of rotatable bonds is 5. The number of nitrogens with zero attached hydrogens (tertiary/aromatic N) is 1. The molecule has 0 bridgehead atoms. The molecule has 0 amide bonds. The molecule has 2 unspecified atom stereocenters. The molecule has 1 aromatic rings. The largest absolute Gasteiger partial charge is 0.378 e. The minimum atomic E-state index is 0.634. The number of aromatic nitrogens is 1. The van der Waals surface area contributed by atoms with Crippen LogP contribution in [0.4, 0.5) is 0 Å². The lowest BCUT2D eigenvalue weighted by Crippen LogP contribution is -2.06. The Morgan fingerprint density at radius 3 is 2.87 bits per heavy atom. The molecule has 1 saturated carbocycles. The smallest absolute Gasteiger partial charge is 0.0966 e. The Morgan fingerprint density at radius 1 is 1.60 bits per heavy atom. The summed E-state index contributed by atoms with van der Waals surface area (Å²) in [5.74, 6) is 1.55. The lowest BCUT2D eigenvalue weighted by Gasteiger charge is -1.98. The van der Waals surface area contributed by atoms with E-state index >= 15 is 0 Å². The molecule has 1 N–H and O–H groups in total. The maximum atomic E-state index is 5.17. The maximum Gasteiger partial charge on any atom is 0.0966 e. The summed E-state index contributed by atoms with van der Waals surface area (Å²) < 4.78 is 5.17. The van der Waals surface area contributed by atoms with Gasteiger partial charge in [0.1, 0.15) is 0 Å². The van der Waals surface area contributed by atoms with Crippen molar-refractivity contribution in [3.8, 4) is 0 Å². The first-order valence-electron chi connectivity index (χ1n) is 5.38. The van der Waals surface area contributed by atoms with Crippen molar-refractivity contribution in [2.24, 2.45) is 5.92 Å². The molecule has 0 radical (unpaired) electrons. The van der Waals surface area contributed by atoms with Crippen LogP contribution >= 0.6 is 11.3 Å². The van der Waals surface area contributed by atoms with Gasteiger partial charge < -0.3 is 10.1 Å². The highest BCUT2D eigenvalue weighted by atomic mass is 32.1. The molecule has 0 saturated heterocycles. The predicted molar refractivity (Wildman–Crippen MR) is 62.1 cm³/mol. The molecule has 0 aromatic carbocycles. The van der Waals surface area contributed by atoms with Gasteiger partial charge in [0.15, 0.2) is 0 Å². The van der Waals surface area contributed by atoms with E-state index in [-0.39, 0.29) is 0 Å². The van der Waals surface area contributed by atoms with E-state index in [2.05, 4.69) is 17.2 Å². The molecule has 2 atom stereocenters. The van der Waals surface area contributed by atoms with E-state index in [1.165, 1.54) is 16.3 Å². The third kappa shape index (κ3) is 2.38. The second kappa shape index (κ2) is 4.60. The molecule has 1 aliphatic rings. The van der Waals surface area contributed by atoms with Gasteiger partial charge in [-0.2, -0.15) is 0 Å². The summed E-state index contributed by atoms with van der Waals surface area (Å²) in [7, 11) is 3.69. The standard InChI is InChI=1S/C11H18N2OS/c1-7-4-8(7)11-13-9(6-14-3)10(15-11)5-12-2/h7-8,12H,4-6H2,1-3H3. The molecule has 4 heteroatoms. The Kier molecular flexibility index (Phi) is 3.38. The lowest BCUT2D eigenvalue weighted by atomic mass is 10.3. The van der Waals surface area contributed by atoms with Crippen LogP contribution in [-0.4, -0.2) is 19.1 Å². The molecular weight excluding hydrogens is 208 g/mol. The number of nitrogens with one attached hydrogen (secondary N) is 1. The third-order valence-electron chi connectivity index (χ3n) is 2.84. The van der Waals surface area contributed by atoms with Crippen LogP contribution in [0.3, 0.4) is 0 Å². The van der Waals surface area contributed by atoms with E-state index in [4.69, 9.17) is 4.74 Å². The summed E-state index contributed by atoms with van der Waals surface area (Å²) in [5.41, 5.74) is 1.12. The number of hydrogen-bond acceptors (Lipinski definition) is 4. The maximum absolute atomic E-state index is 5.17. The molecular formula is C11H18N2OS. The quantitative estimate of drug-likeness (QED) is 0.835. The number of hydrogen-bond donors (Lipinski definition) is 1. The fourth-order valence-electron chi connectivity index (χ4n) is 1.78. The second-order valence-electron chi connectivity index (χ2n) is 4.20. The topological polar surface area (TPSA) is 34.2 Å². The molecule has 1 aromatic heterocycles. The van der Waals surface area contributed by atoms with Crippen molar-refractivity contribution in [3.63, 3.8) is 0 Å². The molecule has 1 aliphatic carbocycles. The van der Waals surface area contributed by atoms with Gasteiger partial charge in [-0.25, -0.2) is 4.98 Å². The molecule has 84 valence electrons. The van der Waals surface area contributed by atoms with Gasteiger partial charge in [-0.05, 0) is 19.4 Å². The van der Waals surface area contributed by atoms with Crippen LogP contribution in [0.1, 0.15) is 34.8 Å². The SMILES string of the molecule is CNCc1sc(C2CC2C)nc1COC. The highest BCUT2D eigenvalue weighted by Gasteiger charge is 2.37.